The van der Waals surface area contributed by atoms with Crippen LogP contribution >= 0.6 is 0 Å². The van der Waals surface area contributed by atoms with Gasteiger partial charge in [0.25, 0.3) is 0 Å². The molecule has 0 N–H and O–H groups in total. The molecule has 2 radical (unpaired) electrons. The van der Waals surface area contributed by atoms with Gasteiger partial charge in [0.1, 0.15) is 22.7 Å². The fraction of sp³-hybridized carbons (Fsp3) is 0.364. The molecule has 0 heterocycles. The number of benzene rings is 2. The van der Waals surface area contributed by atoms with Gasteiger partial charge in [-0.1, -0.05) is 0 Å². The lowest BCUT2D eigenvalue weighted by Crippen LogP contribution is -2.23. The Labute approximate surface area is 160 Å². The molecule has 0 atom stereocenters. The van der Waals surface area contributed by atoms with Crippen LogP contribution in [0.2, 0.25) is 0 Å². The molecule has 2 aromatic carbocycles. The molecule has 142 valence electrons. The average molecular weight is 368 g/mol. The maximum absolute atomic E-state index is 12.2. The molecule has 27 heavy (non-hydrogen) atoms. The van der Waals surface area contributed by atoms with Crippen molar-refractivity contribution in [3.63, 3.8) is 0 Å². The molecule has 2 aromatic rings. The number of carbonyl (C=O) groups is 2. The molecular weight excluding hydrogens is 344 g/mol. The van der Waals surface area contributed by atoms with Crippen LogP contribution in [-0.4, -0.2) is 23.1 Å². The molecular formula is C22H24O5. The summed E-state index contributed by atoms with van der Waals surface area (Å²) in [5.74, 6) is -0.271. The van der Waals surface area contributed by atoms with Crippen LogP contribution in [-0.2, 0) is 9.47 Å². The molecule has 0 aliphatic heterocycles. The molecule has 5 nitrogen and oxygen atoms in total. The SMILES string of the molecule is CC(C)(C)OC(=O)c1cc[c]c(Oc2[c]ccc(C(=O)OC(C)(C)C)c2)c1. The van der Waals surface area contributed by atoms with Gasteiger partial charge in [-0.05, 0) is 77.9 Å². The minimum atomic E-state index is -0.590. The van der Waals surface area contributed by atoms with Crippen molar-refractivity contribution in [2.45, 2.75) is 52.7 Å². The summed E-state index contributed by atoms with van der Waals surface area (Å²) >= 11 is 0. The summed E-state index contributed by atoms with van der Waals surface area (Å²) in [4.78, 5) is 24.4. The Kier molecular flexibility index (Phi) is 5.94. The van der Waals surface area contributed by atoms with Crippen LogP contribution in [0.25, 0.3) is 0 Å². The van der Waals surface area contributed by atoms with Gasteiger partial charge in [0.15, 0.2) is 0 Å². The molecule has 0 saturated heterocycles. The Bertz CT molecular complexity index is 756. The van der Waals surface area contributed by atoms with Gasteiger partial charge in [0.05, 0.1) is 11.1 Å². The first kappa shape index (κ1) is 20.5. The zero-order valence-electron chi connectivity index (χ0n) is 16.5. The summed E-state index contributed by atoms with van der Waals surface area (Å²) in [6.45, 7) is 10.8. The third-order valence-corrected chi connectivity index (χ3v) is 3.04. The summed E-state index contributed by atoms with van der Waals surface area (Å²) in [5.41, 5.74) is -0.482. The van der Waals surface area contributed by atoms with E-state index in [0.717, 1.165) is 0 Å². The highest BCUT2D eigenvalue weighted by Gasteiger charge is 2.19. The van der Waals surface area contributed by atoms with E-state index in [1.807, 2.05) is 0 Å². The molecule has 0 aromatic heterocycles. The third-order valence-electron chi connectivity index (χ3n) is 3.04. The van der Waals surface area contributed by atoms with E-state index in [1.54, 1.807) is 65.8 Å². The predicted octanol–water partition coefficient (Wildman–Crippen LogP) is 4.99. The number of carbonyl (C=O) groups excluding carboxylic acids is 2. The van der Waals surface area contributed by atoms with Crippen LogP contribution in [0, 0.1) is 12.1 Å². The summed E-state index contributed by atoms with van der Waals surface area (Å²) in [6, 6.07) is 15.2. The summed E-state index contributed by atoms with van der Waals surface area (Å²) < 4.78 is 16.4. The maximum atomic E-state index is 12.2. The maximum Gasteiger partial charge on any atom is 0.338 e. The average Bonchev–Trinajstić information content (AvgIpc) is 2.52. The Hall–Kier alpha value is -2.82. The van der Waals surface area contributed by atoms with Gasteiger partial charge in [-0.3, -0.25) is 0 Å². The van der Waals surface area contributed by atoms with E-state index in [1.165, 1.54) is 12.1 Å². The van der Waals surface area contributed by atoms with E-state index in [9.17, 15) is 9.59 Å². The second-order valence-electron chi connectivity index (χ2n) is 7.99. The van der Waals surface area contributed by atoms with Crippen molar-refractivity contribution in [1.29, 1.82) is 0 Å². The Morgan fingerprint density at radius 2 is 1.11 bits per heavy atom. The van der Waals surface area contributed by atoms with Crippen molar-refractivity contribution in [3.8, 4) is 11.5 Å². The molecule has 0 unspecified atom stereocenters. The lowest BCUT2D eigenvalue weighted by atomic mass is 10.1. The van der Waals surface area contributed by atoms with Crippen molar-refractivity contribution in [2.24, 2.45) is 0 Å². The van der Waals surface area contributed by atoms with Crippen LogP contribution in [0.4, 0.5) is 0 Å². The zero-order valence-corrected chi connectivity index (χ0v) is 16.5. The van der Waals surface area contributed by atoms with Crippen molar-refractivity contribution in [2.75, 3.05) is 0 Å². The fourth-order valence-electron chi connectivity index (χ4n) is 2.05. The smallest absolute Gasteiger partial charge is 0.338 e. The molecule has 5 heteroatoms. The number of esters is 2. The van der Waals surface area contributed by atoms with Gasteiger partial charge >= 0.3 is 11.9 Å². The van der Waals surface area contributed by atoms with Crippen molar-refractivity contribution in [3.05, 3.63) is 59.7 Å². The normalized spacial score (nSPS) is 11.6. The highest BCUT2D eigenvalue weighted by molar-refractivity contribution is 5.90. The fourth-order valence-corrected chi connectivity index (χ4v) is 2.05. The third kappa shape index (κ3) is 6.77. The van der Waals surface area contributed by atoms with E-state index in [4.69, 9.17) is 14.2 Å². The lowest BCUT2D eigenvalue weighted by Gasteiger charge is -2.20. The second-order valence-corrected chi connectivity index (χ2v) is 7.99. The van der Waals surface area contributed by atoms with Crippen LogP contribution in [0.1, 0.15) is 62.3 Å². The summed E-state index contributed by atoms with van der Waals surface area (Å²) in [7, 11) is 0. The number of hydrogen-bond acceptors (Lipinski definition) is 5. The summed E-state index contributed by atoms with van der Waals surface area (Å²) in [6.07, 6.45) is 0. The van der Waals surface area contributed by atoms with E-state index < -0.39 is 23.1 Å². The molecule has 0 aliphatic rings. The van der Waals surface area contributed by atoms with Gasteiger partial charge in [-0.15, -0.1) is 0 Å². The number of rotatable bonds is 4. The summed E-state index contributed by atoms with van der Waals surface area (Å²) in [5, 5.41) is 0. The monoisotopic (exact) mass is 368 g/mol. The van der Waals surface area contributed by atoms with Gasteiger partial charge in [-0.2, -0.15) is 0 Å². The van der Waals surface area contributed by atoms with E-state index >= 15 is 0 Å². The topological polar surface area (TPSA) is 61.8 Å². The molecule has 0 aliphatic carbocycles. The molecule has 0 spiro atoms. The van der Waals surface area contributed by atoms with Crippen LogP contribution in [0.3, 0.4) is 0 Å². The minimum Gasteiger partial charge on any atom is -0.456 e. The Morgan fingerprint density at radius 3 is 1.44 bits per heavy atom. The van der Waals surface area contributed by atoms with Crippen molar-refractivity contribution >= 4 is 11.9 Å². The first-order chi connectivity index (χ1) is 12.4. The number of hydrogen-bond donors (Lipinski definition) is 0. The zero-order chi connectivity index (χ0) is 20.2. The highest BCUT2D eigenvalue weighted by atomic mass is 16.6. The van der Waals surface area contributed by atoms with E-state index in [-0.39, 0.29) is 0 Å². The van der Waals surface area contributed by atoms with Gasteiger partial charge in [-0.25, -0.2) is 9.59 Å². The van der Waals surface area contributed by atoms with Crippen LogP contribution in [0.5, 0.6) is 11.5 Å². The van der Waals surface area contributed by atoms with Crippen molar-refractivity contribution < 1.29 is 23.8 Å². The molecule has 0 fully saturated rings. The first-order valence-corrected chi connectivity index (χ1v) is 8.61. The predicted molar refractivity (Wildman–Crippen MR) is 101 cm³/mol. The molecule has 2 rings (SSSR count). The first-order valence-electron chi connectivity index (χ1n) is 8.61. The Morgan fingerprint density at radius 1 is 0.741 bits per heavy atom. The van der Waals surface area contributed by atoms with Gasteiger partial charge in [0.2, 0.25) is 0 Å². The minimum absolute atomic E-state index is 0.316. The van der Waals surface area contributed by atoms with Crippen LogP contribution in [0.15, 0.2) is 36.4 Å². The standard InChI is InChI=1S/C22H24O5/c1-21(2,3)26-19(23)15-9-7-11-17(13-15)25-18-12-8-10-16(14-18)20(24)27-22(4,5)6/h7-10,13-14H,1-6H3. The lowest BCUT2D eigenvalue weighted by molar-refractivity contribution is 0.00571. The van der Waals surface area contributed by atoms with E-state index in [2.05, 4.69) is 12.1 Å². The van der Waals surface area contributed by atoms with Gasteiger partial charge in [0, 0.05) is 12.1 Å². The Balaban J connectivity index is 2.16. The van der Waals surface area contributed by atoms with Gasteiger partial charge < -0.3 is 14.2 Å². The molecule has 0 amide bonds. The largest absolute Gasteiger partial charge is 0.456 e. The number of ether oxygens (including phenoxy) is 3. The van der Waals surface area contributed by atoms with Crippen molar-refractivity contribution in [1.82, 2.24) is 0 Å². The quantitative estimate of drug-likeness (QED) is 0.712. The van der Waals surface area contributed by atoms with Crippen LogP contribution < -0.4 is 4.74 Å². The highest BCUT2D eigenvalue weighted by Crippen LogP contribution is 2.24. The molecule has 0 saturated carbocycles. The van der Waals surface area contributed by atoms with E-state index in [0.29, 0.717) is 22.6 Å². The molecule has 0 bridgehead atoms. The second kappa shape index (κ2) is 7.82.